The van der Waals surface area contributed by atoms with E-state index in [-0.39, 0.29) is 11.2 Å². The van der Waals surface area contributed by atoms with Crippen LogP contribution >= 0.6 is 0 Å². The molecule has 0 amide bonds. The summed E-state index contributed by atoms with van der Waals surface area (Å²) in [5.41, 5.74) is 3.93. The summed E-state index contributed by atoms with van der Waals surface area (Å²) >= 11 is 0. The zero-order valence-corrected chi connectivity index (χ0v) is 15.7. The van der Waals surface area contributed by atoms with Gasteiger partial charge in [0.15, 0.2) is 0 Å². The van der Waals surface area contributed by atoms with E-state index in [0.717, 1.165) is 37.2 Å². The summed E-state index contributed by atoms with van der Waals surface area (Å²) < 4.78 is 13.1. The van der Waals surface area contributed by atoms with Gasteiger partial charge in [-0.05, 0) is 84.4 Å². The van der Waals surface area contributed by atoms with Crippen LogP contribution in [-0.4, -0.2) is 11.2 Å². The highest BCUT2D eigenvalue weighted by molar-refractivity contribution is 5.54. The van der Waals surface area contributed by atoms with Gasteiger partial charge >= 0.3 is 0 Å². The summed E-state index contributed by atoms with van der Waals surface area (Å²) in [4.78, 5) is 0. The van der Waals surface area contributed by atoms with E-state index >= 15 is 0 Å². The van der Waals surface area contributed by atoms with Crippen LogP contribution in [0.2, 0.25) is 0 Å². The standard InChI is InChI=1S/C22H30O2/c1-14(2)7-6-9-22(5)17-8-10-21(4)13-16(17)20-18(23-21)11-15(3)12-19(20)24-22/h7,11-12,16-17H,6,8-10,13H2,1-5H3/t16?,17-,21+,22-/m0/s1. The van der Waals surface area contributed by atoms with Gasteiger partial charge in [-0.2, -0.15) is 0 Å². The average molecular weight is 326 g/mol. The van der Waals surface area contributed by atoms with Crippen molar-refractivity contribution in [2.45, 2.75) is 83.8 Å². The van der Waals surface area contributed by atoms with Gasteiger partial charge in [0.1, 0.15) is 22.7 Å². The van der Waals surface area contributed by atoms with Crippen molar-refractivity contribution in [3.63, 3.8) is 0 Å². The Morgan fingerprint density at radius 2 is 1.92 bits per heavy atom. The molecule has 1 saturated carbocycles. The molecule has 1 aromatic carbocycles. The molecule has 1 aliphatic carbocycles. The zero-order valence-electron chi connectivity index (χ0n) is 15.7. The Morgan fingerprint density at radius 1 is 1.21 bits per heavy atom. The summed E-state index contributed by atoms with van der Waals surface area (Å²) in [6.45, 7) is 11.1. The van der Waals surface area contributed by atoms with E-state index in [0.29, 0.717) is 11.8 Å². The fourth-order valence-electron chi connectivity index (χ4n) is 5.24. The molecule has 2 nitrogen and oxygen atoms in total. The molecule has 3 aliphatic rings. The molecule has 1 aromatic rings. The lowest BCUT2D eigenvalue weighted by atomic mass is 9.60. The minimum absolute atomic E-state index is 0.0113. The molecule has 0 N–H and O–H groups in total. The Balaban J connectivity index is 1.76. The Bertz CT molecular complexity index is 700. The highest BCUT2D eigenvalue weighted by Crippen LogP contribution is 2.61. The summed E-state index contributed by atoms with van der Waals surface area (Å²) in [5, 5.41) is 0. The number of allylic oxidation sites excluding steroid dienone is 2. The van der Waals surface area contributed by atoms with Gasteiger partial charge in [0.2, 0.25) is 0 Å². The van der Waals surface area contributed by atoms with Crippen LogP contribution in [0.4, 0.5) is 0 Å². The molecule has 130 valence electrons. The van der Waals surface area contributed by atoms with Crippen LogP contribution < -0.4 is 9.47 Å². The minimum Gasteiger partial charge on any atom is -0.487 e. The van der Waals surface area contributed by atoms with Crippen molar-refractivity contribution in [1.29, 1.82) is 0 Å². The van der Waals surface area contributed by atoms with Crippen LogP contribution in [0.3, 0.4) is 0 Å². The average Bonchev–Trinajstić information content (AvgIpc) is 2.44. The van der Waals surface area contributed by atoms with E-state index in [1.54, 1.807) is 0 Å². The second kappa shape index (κ2) is 5.28. The molecule has 0 radical (unpaired) electrons. The summed E-state index contributed by atoms with van der Waals surface area (Å²) in [6.07, 6.45) is 8.03. The predicted molar refractivity (Wildman–Crippen MR) is 98.0 cm³/mol. The molecule has 1 unspecified atom stereocenters. The second-order valence-electron chi connectivity index (χ2n) is 8.92. The van der Waals surface area contributed by atoms with E-state index < -0.39 is 0 Å². The Morgan fingerprint density at radius 3 is 2.62 bits per heavy atom. The fraction of sp³-hybridized carbons (Fsp3) is 0.636. The van der Waals surface area contributed by atoms with Gasteiger partial charge in [-0.25, -0.2) is 0 Å². The van der Waals surface area contributed by atoms with Crippen LogP contribution in [0.15, 0.2) is 23.8 Å². The lowest BCUT2D eigenvalue weighted by molar-refractivity contribution is -0.0836. The molecule has 2 heterocycles. The molecule has 4 rings (SSSR count). The molecule has 1 fully saturated rings. The Kier molecular flexibility index (Phi) is 3.53. The van der Waals surface area contributed by atoms with Crippen LogP contribution in [0, 0.1) is 12.8 Å². The van der Waals surface area contributed by atoms with Crippen molar-refractivity contribution < 1.29 is 9.47 Å². The number of hydrogen-bond donors (Lipinski definition) is 0. The van der Waals surface area contributed by atoms with Crippen LogP contribution in [0.5, 0.6) is 11.5 Å². The quantitative estimate of drug-likeness (QED) is 0.641. The first-order valence-electron chi connectivity index (χ1n) is 9.46. The number of hydrogen-bond acceptors (Lipinski definition) is 2. The zero-order chi connectivity index (χ0) is 17.1. The molecular weight excluding hydrogens is 296 g/mol. The molecule has 24 heavy (non-hydrogen) atoms. The van der Waals surface area contributed by atoms with Crippen molar-refractivity contribution in [3.05, 3.63) is 34.9 Å². The number of aryl methyl sites for hydroxylation is 1. The molecule has 0 aromatic heterocycles. The van der Waals surface area contributed by atoms with E-state index in [2.05, 4.69) is 52.8 Å². The van der Waals surface area contributed by atoms with E-state index in [9.17, 15) is 0 Å². The van der Waals surface area contributed by atoms with Crippen LogP contribution in [0.1, 0.15) is 76.8 Å². The van der Waals surface area contributed by atoms with Gasteiger partial charge in [-0.1, -0.05) is 11.6 Å². The van der Waals surface area contributed by atoms with Gasteiger partial charge in [0.25, 0.3) is 0 Å². The first-order chi connectivity index (χ1) is 11.3. The highest BCUT2D eigenvalue weighted by Gasteiger charge is 2.55. The van der Waals surface area contributed by atoms with Gasteiger partial charge < -0.3 is 9.47 Å². The molecule has 2 aliphatic heterocycles. The number of benzene rings is 1. The van der Waals surface area contributed by atoms with Crippen LogP contribution in [0.25, 0.3) is 0 Å². The topological polar surface area (TPSA) is 18.5 Å². The van der Waals surface area contributed by atoms with Gasteiger partial charge in [0, 0.05) is 17.4 Å². The van der Waals surface area contributed by atoms with Gasteiger partial charge in [-0.3, -0.25) is 0 Å². The molecule has 2 heteroatoms. The van der Waals surface area contributed by atoms with E-state index in [1.165, 1.54) is 23.1 Å². The maximum Gasteiger partial charge on any atom is 0.127 e. The number of fused-ring (bicyclic) bond motifs is 1. The molecular formula is C22H30O2. The van der Waals surface area contributed by atoms with Gasteiger partial charge in [0.05, 0.1) is 0 Å². The van der Waals surface area contributed by atoms with Gasteiger partial charge in [-0.15, -0.1) is 0 Å². The molecule has 0 spiro atoms. The maximum absolute atomic E-state index is 6.68. The Labute approximate surface area is 146 Å². The van der Waals surface area contributed by atoms with Crippen molar-refractivity contribution in [2.24, 2.45) is 5.92 Å². The van der Waals surface area contributed by atoms with E-state index in [1.807, 2.05) is 0 Å². The highest BCUT2D eigenvalue weighted by atomic mass is 16.5. The minimum atomic E-state index is -0.0622. The van der Waals surface area contributed by atoms with Crippen molar-refractivity contribution in [3.8, 4) is 11.5 Å². The summed E-state index contributed by atoms with van der Waals surface area (Å²) in [6, 6.07) is 4.43. The second-order valence-corrected chi connectivity index (χ2v) is 8.92. The molecule has 4 atom stereocenters. The lowest BCUT2D eigenvalue weighted by Crippen LogP contribution is -2.55. The normalized spacial score (nSPS) is 35.7. The first-order valence-corrected chi connectivity index (χ1v) is 9.46. The van der Waals surface area contributed by atoms with E-state index in [4.69, 9.17) is 9.47 Å². The van der Waals surface area contributed by atoms with Crippen LogP contribution in [-0.2, 0) is 0 Å². The predicted octanol–water partition coefficient (Wildman–Crippen LogP) is 5.93. The molecule has 2 bridgehead atoms. The third-order valence-corrected chi connectivity index (χ3v) is 6.42. The van der Waals surface area contributed by atoms with Crippen molar-refractivity contribution in [1.82, 2.24) is 0 Å². The third-order valence-electron chi connectivity index (χ3n) is 6.42. The molecule has 0 saturated heterocycles. The summed E-state index contributed by atoms with van der Waals surface area (Å²) in [5.74, 6) is 3.36. The van der Waals surface area contributed by atoms with Crippen molar-refractivity contribution in [2.75, 3.05) is 0 Å². The number of rotatable bonds is 3. The largest absolute Gasteiger partial charge is 0.487 e. The fourth-order valence-corrected chi connectivity index (χ4v) is 5.24. The SMILES string of the molecule is CC(C)=CCC[C@]1(C)Oc2cc(C)cc3c2C2C[C@@](C)(CC[C@@H]21)O3. The van der Waals surface area contributed by atoms with Crippen molar-refractivity contribution >= 4 is 0 Å². The third kappa shape index (κ3) is 2.46. The monoisotopic (exact) mass is 326 g/mol. The number of ether oxygens (including phenoxy) is 2. The first kappa shape index (κ1) is 16.1. The summed E-state index contributed by atoms with van der Waals surface area (Å²) in [7, 11) is 0. The maximum atomic E-state index is 6.68. The smallest absolute Gasteiger partial charge is 0.127 e. The Hall–Kier alpha value is -1.44. The lowest BCUT2D eigenvalue weighted by Gasteiger charge is -2.56.